The summed E-state index contributed by atoms with van der Waals surface area (Å²) < 4.78 is 0. The molecule has 0 amide bonds. The molecular formula is C8H14N2OS. The van der Waals surface area contributed by atoms with E-state index in [-0.39, 0.29) is 12.1 Å². The van der Waals surface area contributed by atoms with Gasteiger partial charge < -0.3 is 10.4 Å². The molecule has 0 aliphatic heterocycles. The number of aliphatic hydroxyl groups excluding tert-OH is 1. The van der Waals surface area contributed by atoms with Gasteiger partial charge in [0.05, 0.1) is 17.8 Å². The van der Waals surface area contributed by atoms with E-state index in [0.29, 0.717) is 0 Å². The minimum absolute atomic E-state index is 0.103. The third-order valence-corrected chi connectivity index (χ3v) is 2.34. The lowest BCUT2D eigenvalue weighted by atomic mass is 10.1. The molecule has 1 aromatic heterocycles. The van der Waals surface area contributed by atoms with Crippen molar-refractivity contribution in [2.24, 2.45) is 0 Å². The smallest absolute Gasteiger partial charge is 0.183 e. The minimum Gasteiger partial charge on any atom is -0.394 e. The molecule has 0 fully saturated rings. The zero-order valence-electron chi connectivity index (χ0n) is 7.59. The van der Waals surface area contributed by atoms with Crippen LogP contribution in [-0.4, -0.2) is 22.2 Å². The predicted molar refractivity (Wildman–Crippen MR) is 51.6 cm³/mol. The summed E-state index contributed by atoms with van der Waals surface area (Å²) in [6.07, 6.45) is 0. The normalized spacial score (nSPS) is 11.7. The fourth-order valence-electron chi connectivity index (χ4n) is 0.740. The quantitative estimate of drug-likeness (QED) is 0.754. The highest BCUT2D eigenvalue weighted by molar-refractivity contribution is 7.13. The first-order valence-corrected chi connectivity index (χ1v) is 4.73. The van der Waals surface area contributed by atoms with Gasteiger partial charge in [-0.15, -0.1) is 11.3 Å². The van der Waals surface area contributed by atoms with E-state index in [0.717, 1.165) is 10.8 Å². The summed E-state index contributed by atoms with van der Waals surface area (Å²) in [5, 5.41) is 15.0. The number of hydrogen-bond acceptors (Lipinski definition) is 4. The van der Waals surface area contributed by atoms with Gasteiger partial charge in [-0.25, -0.2) is 4.98 Å². The molecule has 0 atom stereocenters. The van der Waals surface area contributed by atoms with Crippen LogP contribution in [0.2, 0.25) is 0 Å². The Bertz CT molecular complexity index is 257. The van der Waals surface area contributed by atoms with Gasteiger partial charge in [0, 0.05) is 5.38 Å². The Morgan fingerprint density at radius 2 is 2.33 bits per heavy atom. The molecule has 3 nitrogen and oxygen atoms in total. The van der Waals surface area contributed by atoms with Crippen molar-refractivity contribution >= 4 is 16.5 Å². The fourth-order valence-corrected chi connectivity index (χ4v) is 1.61. The van der Waals surface area contributed by atoms with Crippen LogP contribution in [0.25, 0.3) is 0 Å². The maximum absolute atomic E-state index is 8.98. The number of aryl methyl sites for hydroxylation is 1. The van der Waals surface area contributed by atoms with Crippen molar-refractivity contribution in [2.75, 3.05) is 11.9 Å². The van der Waals surface area contributed by atoms with Crippen LogP contribution in [0.15, 0.2) is 5.38 Å². The van der Waals surface area contributed by atoms with E-state index in [9.17, 15) is 0 Å². The van der Waals surface area contributed by atoms with Crippen molar-refractivity contribution in [3.63, 3.8) is 0 Å². The number of nitrogens with one attached hydrogen (secondary N) is 1. The van der Waals surface area contributed by atoms with Gasteiger partial charge in [0.15, 0.2) is 5.13 Å². The molecule has 4 heteroatoms. The Kier molecular flexibility index (Phi) is 2.69. The average Bonchev–Trinajstić information content (AvgIpc) is 2.35. The molecule has 68 valence electrons. The SMILES string of the molecule is Cc1csc(NC(C)(C)CO)n1. The van der Waals surface area contributed by atoms with Crippen molar-refractivity contribution in [3.8, 4) is 0 Å². The molecule has 1 aromatic rings. The lowest BCUT2D eigenvalue weighted by Crippen LogP contribution is -2.34. The zero-order valence-corrected chi connectivity index (χ0v) is 8.40. The second kappa shape index (κ2) is 3.41. The molecule has 0 spiro atoms. The minimum atomic E-state index is -0.287. The molecule has 1 rings (SSSR count). The van der Waals surface area contributed by atoms with E-state index in [1.54, 1.807) is 11.3 Å². The summed E-state index contributed by atoms with van der Waals surface area (Å²) in [6.45, 7) is 5.92. The number of nitrogens with zero attached hydrogens (tertiary/aromatic N) is 1. The van der Waals surface area contributed by atoms with Crippen molar-refractivity contribution in [1.82, 2.24) is 4.98 Å². The zero-order chi connectivity index (χ0) is 9.19. The molecular weight excluding hydrogens is 172 g/mol. The van der Waals surface area contributed by atoms with Crippen molar-refractivity contribution < 1.29 is 5.11 Å². The van der Waals surface area contributed by atoms with Crippen molar-refractivity contribution in [2.45, 2.75) is 26.3 Å². The summed E-state index contributed by atoms with van der Waals surface area (Å²) in [4.78, 5) is 4.24. The van der Waals surface area contributed by atoms with Gasteiger partial charge in [-0.3, -0.25) is 0 Å². The highest BCUT2D eigenvalue weighted by Crippen LogP contribution is 2.18. The second-order valence-electron chi connectivity index (χ2n) is 3.46. The van der Waals surface area contributed by atoms with Crippen molar-refractivity contribution in [1.29, 1.82) is 0 Å². The van der Waals surface area contributed by atoms with Gasteiger partial charge in [0.25, 0.3) is 0 Å². The molecule has 0 unspecified atom stereocenters. The van der Waals surface area contributed by atoms with E-state index in [1.807, 2.05) is 26.2 Å². The summed E-state index contributed by atoms with van der Waals surface area (Å²) in [5.74, 6) is 0. The van der Waals surface area contributed by atoms with Gasteiger partial charge in [0.1, 0.15) is 0 Å². The maximum Gasteiger partial charge on any atom is 0.183 e. The molecule has 0 saturated heterocycles. The highest BCUT2D eigenvalue weighted by atomic mass is 32.1. The Labute approximate surface area is 76.5 Å². The first kappa shape index (κ1) is 9.48. The van der Waals surface area contributed by atoms with Crippen LogP contribution in [0.4, 0.5) is 5.13 Å². The Balaban J connectivity index is 2.63. The average molecular weight is 186 g/mol. The third kappa shape index (κ3) is 2.46. The van der Waals surface area contributed by atoms with E-state index in [4.69, 9.17) is 5.11 Å². The lowest BCUT2D eigenvalue weighted by Gasteiger charge is -2.22. The Morgan fingerprint density at radius 3 is 2.75 bits per heavy atom. The number of aliphatic hydroxyl groups is 1. The second-order valence-corrected chi connectivity index (χ2v) is 4.32. The molecule has 0 saturated carbocycles. The van der Waals surface area contributed by atoms with Gasteiger partial charge in [-0.1, -0.05) is 0 Å². The summed E-state index contributed by atoms with van der Waals surface area (Å²) in [6, 6.07) is 0. The standard InChI is InChI=1S/C8H14N2OS/c1-6-4-12-7(9-6)10-8(2,3)5-11/h4,11H,5H2,1-3H3,(H,9,10). The first-order valence-electron chi connectivity index (χ1n) is 3.85. The van der Waals surface area contributed by atoms with E-state index >= 15 is 0 Å². The number of hydrogen-bond donors (Lipinski definition) is 2. The molecule has 2 N–H and O–H groups in total. The molecule has 0 radical (unpaired) electrons. The van der Waals surface area contributed by atoms with Crippen LogP contribution < -0.4 is 5.32 Å². The maximum atomic E-state index is 8.98. The number of anilines is 1. The van der Waals surface area contributed by atoms with Crippen LogP contribution in [0.3, 0.4) is 0 Å². The topological polar surface area (TPSA) is 45.1 Å². The van der Waals surface area contributed by atoms with Gasteiger partial charge >= 0.3 is 0 Å². The monoisotopic (exact) mass is 186 g/mol. The summed E-state index contributed by atoms with van der Waals surface area (Å²) in [5.41, 5.74) is 0.723. The molecule has 0 aromatic carbocycles. The Hall–Kier alpha value is -0.610. The molecule has 1 heterocycles. The largest absolute Gasteiger partial charge is 0.394 e. The predicted octanol–water partition coefficient (Wildman–Crippen LogP) is 1.63. The molecule has 0 bridgehead atoms. The lowest BCUT2D eigenvalue weighted by molar-refractivity contribution is 0.234. The third-order valence-electron chi connectivity index (χ3n) is 1.46. The molecule has 12 heavy (non-hydrogen) atoms. The van der Waals surface area contributed by atoms with Crippen LogP contribution in [0, 0.1) is 6.92 Å². The van der Waals surface area contributed by atoms with E-state index in [2.05, 4.69) is 10.3 Å². The molecule has 0 aliphatic rings. The number of thiazole rings is 1. The summed E-state index contributed by atoms with van der Waals surface area (Å²) in [7, 11) is 0. The van der Waals surface area contributed by atoms with Crippen LogP contribution in [0.1, 0.15) is 19.5 Å². The van der Waals surface area contributed by atoms with E-state index < -0.39 is 0 Å². The number of rotatable bonds is 3. The van der Waals surface area contributed by atoms with Gasteiger partial charge in [0.2, 0.25) is 0 Å². The van der Waals surface area contributed by atoms with Crippen LogP contribution in [0.5, 0.6) is 0 Å². The van der Waals surface area contributed by atoms with Crippen LogP contribution in [-0.2, 0) is 0 Å². The Morgan fingerprint density at radius 1 is 1.67 bits per heavy atom. The number of aromatic nitrogens is 1. The molecule has 0 aliphatic carbocycles. The van der Waals surface area contributed by atoms with E-state index in [1.165, 1.54) is 0 Å². The first-order chi connectivity index (χ1) is 5.53. The van der Waals surface area contributed by atoms with Crippen molar-refractivity contribution in [3.05, 3.63) is 11.1 Å². The van der Waals surface area contributed by atoms with Crippen LogP contribution >= 0.6 is 11.3 Å². The van der Waals surface area contributed by atoms with Gasteiger partial charge in [-0.05, 0) is 20.8 Å². The summed E-state index contributed by atoms with van der Waals surface area (Å²) >= 11 is 1.56. The highest BCUT2D eigenvalue weighted by Gasteiger charge is 2.16. The fraction of sp³-hybridized carbons (Fsp3) is 0.625. The van der Waals surface area contributed by atoms with Gasteiger partial charge in [-0.2, -0.15) is 0 Å².